The Morgan fingerprint density at radius 3 is 2.86 bits per heavy atom. The molecular weight excluding hydrogens is 275 g/mol. The van der Waals surface area contributed by atoms with Crippen LogP contribution in [0.1, 0.15) is 23.2 Å². The number of likely N-dealkylation sites (N-methyl/N-ethyl adjacent to an activating group) is 1. The largest absolute Gasteiger partial charge is 0.494 e. The highest BCUT2D eigenvalue weighted by Gasteiger charge is 2.31. The molecule has 1 aromatic rings. The maximum atomic E-state index is 13.6. The number of carbonyl (C=O) groups excluding carboxylic acids is 2. The topological polar surface area (TPSA) is 58.6 Å². The first-order valence-corrected chi connectivity index (χ1v) is 6.89. The third-order valence-corrected chi connectivity index (χ3v) is 3.73. The summed E-state index contributed by atoms with van der Waals surface area (Å²) in [6, 6.07) is 3.87. The van der Waals surface area contributed by atoms with Crippen LogP contribution in [0.5, 0.6) is 5.75 Å². The Morgan fingerprint density at radius 2 is 2.24 bits per heavy atom. The number of ketones is 1. The summed E-state index contributed by atoms with van der Waals surface area (Å²) in [5.74, 6) is -0.739. The van der Waals surface area contributed by atoms with Crippen LogP contribution in [0.3, 0.4) is 0 Å². The number of rotatable bonds is 5. The molecular formula is C15H19FN2O3. The minimum atomic E-state index is -0.562. The number of methoxy groups -OCH3 is 1. The Balaban J connectivity index is 2.07. The first kappa shape index (κ1) is 15.4. The van der Waals surface area contributed by atoms with Crippen LogP contribution in [-0.2, 0) is 4.79 Å². The highest BCUT2D eigenvalue weighted by molar-refractivity contribution is 5.98. The second-order valence-corrected chi connectivity index (χ2v) is 5.02. The van der Waals surface area contributed by atoms with E-state index in [9.17, 15) is 14.0 Å². The number of ether oxygens (including phenoxy) is 1. The minimum absolute atomic E-state index is 0.0822. The van der Waals surface area contributed by atoms with Crippen molar-refractivity contribution in [1.29, 1.82) is 0 Å². The summed E-state index contributed by atoms with van der Waals surface area (Å²) < 4.78 is 18.5. The molecule has 1 atom stereocenters. The van der Waals surface area contributed by atoms with Crippen molar-refractivity contribution in [3.63, 3.8) is 0 Å². The van der Waals surface area contributed by atoms with Gasteiger partial charge in [-0.05, 0) is 37.6 Å². The van der Waals surface area contributed by atoms with Gasteiger partial charge in [-0.3, -0.25) is 14.5 Å². The molecule has 1 amide bonds. The van der Waals surface area contributed by atoms with Gasteiger partial charge in [0.15, 0.2) is 17.3 Å². The van der Waals surface area contributed by atoms with E-state index in [0.717, 1.165) is 12.8 Å². The lowest BCUT2D eigenvalue weighted by Gasteiger charge is -2.22. The van der Waals surface area contributed by atoms with Crippen molar-refractivity contribution in [3.8, 4) is 5.75 Å². The van der Waals surface area contributed by atoms with Crippen LogP contribution in [0.4, 0.5) is 4.39 Å². The Hall–Kier alpha value is -1.95. The van der Waals surface area contributed by atoms with Crippen LogP contribution in [0.15, 0.2) is 18.2 Å². The molecule has 114 valence electrons. The zero-order chi connectivity index (χ0) is 15.4. The average Bonchev–Trinajstić information content (AvgIpc) is 2.94. The van der Waals surface area contributed by atoms with Crippen LogP contribution >= 0.6 is 0 Å². The molecule has 1 heterocycles. The number of likely N-dealkylation sites (tertiary alicyclic amines) is 1. The molecule has 0 bridgehead atoms. The number of nitrogens with one attached hydrogen (secondary N) is 1. The van der Waals surface area contributed by atoms with Crippen molar-refractivity contribution in [2.45, 2.75) is 18.9 Å². The highest BCUT2D eigenvalue weighted by Crippen LogP contribution is 2.20. The van der Waals surface area contributed by atoms with Gasteiger partial charge in [0.2, 0.25) is 5.91 Å². The van der Waals surface area contributed by atoms with E-state index in [2.05, 4.69) is 5.32 Å². The van der Waals surface area contributed by atoms with Crippen molar-refractivity contribution >= 4 is 11.7 Å². The third-order valence-electron chi connectivity index (χ3n) is 3.73. The van der Waals surface area contributed by atoms with Gasteiger partial charge in [0.1, 0.15) is 0 Å². The first-order valence-electron chi connectivity index (χ1n) is 6.89. The quantitative estimate of drug-likeness (QED) is 0.830. The van der Waals surface area contributed by atoms with Gasteiger partial charge in [-0.25, -0.2) is 4.39 Å². The SMILES string of the molecule is CNC(=O)C1CCCN1CC(=O)c1ccc(OC)c(F)c1. The fourth-order valence-electron chi connectivity index (χ4n) is 2.59. The van der Waals surface area contributed by atoms with Crippen LogP contribution in [0.25, 0.3) is 0 Å². The summed E-state index contributed by atoms with van der Waals surface area (Å²) in [6.07, 6.45) is 1.62. The summed E-state index contributed by atoms with van der Waals surface area (Å²) in [6.45, 7) is 0.812. The normalized spacial score (nSPS) is 18.5. The minimum Gasteiger partial charge on any atom is -0.494 e. The van der Waals surface area contributed by atoms with E-state index < -0.39 is 5.82 Å². The van der Waals surface area contributed by atoms with Crippen LogP contribution < -0.4 is 10.1 Å². The molecule has 1 aromatic carbocycles. The van der Waals surface area contributed by atoms with E-state index in [1.54, 1.807) is 7.05 Å². The number of carbonyl (C=O) groups is 2. The Kier molecular flexibility index (Phi) is 4.90. The number of amides is 1. The molecule has 1 saturated heterocycles. The molecule has 6 heteroatoms. The highest BCUT2D eigenvalue weighted by atomic mass is 19.1. The van der Waals surface area contributed by atoms with E-state index in [0.29, 0.717) is 6.54 Å². The smallest absolute Gasteiger partial charge is 0.237 e. The lowest BCUT2D eigenvalue weighted by Crippen LogP contribution is -2.44. The van der Waals surface area contributed by atoms with E-state index in [1.807, 2.05) is 4.90 Å². The Bertz CT molecular complexity index is 548. The zero-order valence-electron chi connectivity index (χ0n) is 12.2. The zero-order valence-corrected chi connectivity index (χ0v) is 12.2. The molecule has 1 aliphatic heterocycles. The standard InChI is InChI=1S/C15H19FN2O3/c1-17-15(20)12-4-3-7-18(12)9-13(19)10-5-6-14(21-2)11(16)8-10/h5-6,8,12H,3-4,7,9H2,1-2H3,(H,17,20). The molecule has 1 N–H and O–H groups in total. The molecule has 0 aromatic heterocycles. The molecule has 5 nitrogen and oxygen atoms in total. The summed E-state index contributed by atoms with van der Waals surface area (Å²) in [7, 11) is 2.96. The maximum Gasteiger partial charge on any atom is 0.237 e. The fourth-order valence-corrected chi connectivity index (χ4v) is 2.59. The lowest BCUT2D eigenvalue weighted by molar-refractivity contribution is -0.124. The van der Waals surface area contributed by atoms with Gasteiger partial charge in [0.05, 0.1) is 19.7 Å². The van der Waals surface area contributed by atoms with Crippen LogP contribution in [-0.4, -0.2) is 49.9 Å². The number of benzene rings is 1. The number of hydrogen-bond donors (Lipinski definition) is 1. The van der Waals surface area contributed by atoms with Gasteiger partial charge in [0.25, 0.3) is 0 Å². The molecule has 1 unspecified atom stereocenters. The fraction of sp³-hybridized carbons (Fsp3) is 0.467. The molecule has 0 radical (unpaired) electrons. The van der Waals surface area contributed by atoms with E-state index >= 15 is 0 Å². The van der Waals surface area contributed by atoms with Crippen molar-refractivity contribution in [3.05, 3.63) is 29.6 Å². The van der Waals surface area contributed by atoms with Crippen molar-refractivity contribution in [2.24, 2.45) is 0 Å². The van der Waals surface area contributed by atoms with Gasteiger partial charge in [-0.2, -0.15) is 0 Å². The van der Waals surface area contributed by atoms with Crippen LogP contribution in [0, 0.1) is 5.82 Å². The average molecular weight is 294 g/mol. The summed E-state index contributed by atoms with van der Waals surface area (Å²) in [4.78, 5) is 25.8. The molecule has 1 aliphatic rings. The predicted molar refractivity (Wildman–Crippen MR) is 75.9 cm³/mol. The monoisotopic (exact) mass is 294 g/mol. The first-order chi connectivity index (χ1) is 10.1. The van der Waals surface area contributed by atoms with Gasteiger partial charge in [-0.1, -0.05) is 0 Å². The molecule has 0 aliphatic carbocycles. The second-order valence-electron chi connectivity index (χ2n) is 5.02. The Morgan fingerprint density at radius 1 is 1.48 bits per heavy atom. The third kappa shape index (κ3) is 3.39. The number of halogens is 1. The van der Waals surface area contributed by atoms with Gasteiger partial charge < -0.3 is 10.1 Å². The summed E-state index contributed by atoms with van der Waals surface area (Å²) >= 11 is 0. The molecule has 0 saturated carbocycles. The number of hydrogen-bond acceptors (Lipinski definition) is 4. The number of nitrogens with zero attached hydrogens (tertiary/aromatic N) is 1. The van der Waals surface area contributed by atoms with Gasteiger partial charge in [0, 0.05) is 12.6 Å². The molecule has 1 fully saturated rings. The van der Waals surface area contributed by atoms with Crippen molar-refractivity contribution < 1.29 is 18.7 Å². The van der Waals surface area contributed by atoms with E-state index in [-0.39, 0.29) is 35.6 Å². The second kappa shape index (κ2) is 6.67. The maximum absolute atomic E-state index is 13.6. The number of Topliss-reactive ketones (excluding diaryl/α,β-unsaturated/α-hetero) is 1. The van der Waals surface area contributed by atoms with Gasteiger partial charge >= 0.3 is 0 Å². The van der Waals surface area contributed by atoms with E-state index in [4.69, 9.17) is 4.74 Å². The molecule has 0 spiro atoms. The van der Waals surface area contributed by atoms with Crippen molar-refractivity contribution in [1.82, 2.24) is 10.2 Å². The van der Waals surface area contributed by atoms with Crippen LogP contribution in [0.2, 0.25) is 0 Å². The lowest BCUT2D eigenvalue weighted by atomic mass is 10.1. The summed E-state index contributed by atoms with van der Waals surface area (Å²) in [5, 5.41) is 2.61. The van der Waals surface area contributed by atoms with Crippen molar-refractivity contribution in [2.75, 3.05) is 27.2 Å². The summed E-state index contributed by atoms with van der Waals surface area (Å²) in [5.41, 5.74) is 0.288. The van der Waals surface area contributed by atoms with E-state index in [1.165, 1.54) is 25.3 Å². The Labute approximate surface area is 123 Å². The molecule has 21 heavy (non-hydrogen) atoms. The molecule has 2 rings (SSSR count). The van der Waals surface area contributed by atoms with Gasteiger partial charge in [-0.15, -0.1) is 0 Å². The predicted octanol–water partition coefficient (Wildman–Crippen LogP) is 1.23.